The fraction of sp³-hybridized carbons (Fsp3) is 0.250. The molecule has 1 aromatic heterocycles. The predicted octanol–water partition coefficient (Wildman–Crippen LogP) is 2.45. The fourth-order valence-corrected chi connectivity index (χ4v) is 1.50. The number of halogens is 1. The zero-order valence-electron chi connectivity index (χ0n) is 9.27. The molecule has 0 aliphatic carbocycles. The molecule has 0 radical (unpaired) electrons. The van der Waals surface area contributed by atoms with Crippen molar-refractivity contribution in [2.75, 3.05) is 0 Å². The molecule has 2 rings (SSSR count). The molecule has 0 saturated heterocycles. The van der Waals surface area contributed by atoms with E-state index < -0.39 is 0 Å². The molecule has 3 nitrogen and oxygen atoms in total. The van der Waals surface area contributed by atoms with Crippen LogP contribution in [0.25, 0.3) is 0 Å². The van der Waals surface area contributed by atoms with Crippen LogP contribution in [-0.2, 0) is 13.7 Å². The predicted molar refractivity (Wildman–Crippen MR) is 58.7 cm³/mol. The first-order chi connectivity index (χ1) is 7.65. The summed E-state index contributed by atoms with van der Waals surface area (Å²) in [6.45, 7) is 2.26. The van der Waals surface area contributed by atoms with Gasteiger partial charge in [-0.05, 0) is 19.1 Å². The quantitative estimate of drug-likeness (QED) is 0.794. The lowest BCUT2D eigenvalue weighted by atomic mass is 10.3. The molecule has 0 aliphatic heterocycles. The van der Waals surface area contributed by atoms with Crippen LogP contribution >= 0.6 is 0 Å². The molecule has 0 atom stereocenters. The van der Waals surface area contributed by atoms with Gasteiger partial charge in [0.15, 0.2) is 0 Å². The maximum atomic E-state index is 12.9. The zero-order valence-corrected chi connectivity index (χ0v) is 9.27. The highest BCUT2D eigenvalue weighted by molar-refractivity contribution is 5.22. The van der Waals surface area contributed by atoms with E-state index in [1.165, 1.54) is 12.1 Å². The summed E-state index contributed by atoms with van der Waals surface area (Å²) < 4.78 is 20.2. The highest BCUT2D eigenvalue weighted by Gasteiger charge is 2.03. The van der Waals surface area contributed by atoms with Crippen LogP contribution in [0.2, 0.25) is 0 Å². The minimum Gasteiger partial charge on any atom is -0.486 e. The van der Waals surface area contributed by atoms with Crippen molar-refractivity contribution in [3.8, 4) is 5.75 Å². The Morgan fingerprint density at radius 3 is 2.88 bits per heavy atom. The second-order valence-electron chi connectivity index (χ2n) is 3.66. The molecular formula is C12H13FN2O. The van der Waals surface area contributed by atoms with E-state index >= 15 is 0 Å². The van der Waals surface area contributed by atoms with Crippen molar-refractivity contribution in [3.05, 3.63) is 47.8 Å². The van der Waals surface area contributed by atoms with Gasteiger partial charge in [0.1, 0.15) is 24.0 Å². The van der Waals surface area contributed by atoms with Crippen LogP contribution in [0.3, 0.4) is 0 Å². The summed E-state index contributed by atoms with van der Waals surface area (Å²) >= 11 is 0. The Kier molecular flexibility index (Phi) is 2.90. The second-order valence-corrected chi connectivity index (χ2v) is 3.66. The number of imidazole rings is 1. The van der Waals surface area contributed by atoms with Crippen molar-refractivity contribution in [3.63, 3.8) is 0 Å². The normalized spacial score (nSPS) is 10.4. The summed E-state index contributed by atoms with van der Waals surface area (Å²) in [5.41, 5.74) is 0.945. The van der Waals surface area contributed by atoms with E-state index in [9.17, 15) is 4.39 Å². The minimum absolute atomic E-state index is 0.298. The standard InChI is InChI=1S/C12H13FN2O/c1-9-7-15(2)12(14-9)8-16-11-5-3-4-10(13)6-11/h3-7H,8H2,1-2H3. The van der Waals surface area contributed by atoms with Gasteiger partial charge >= 0.3 is 0 Å². The summed E-state index contributed by atoms with van der Waals surface area (Å²) in [7, 11) is 1.91. The Hall–Kier alpha value is -1.84. The van der Waals surface area contributed by atoms with Gasteiger partial charge in [-0.2, -0.15) is 0 Å². The maximum absolute atomic E-state index is 12.9. The Labute approximate surface area is 93.5 Å². The van der Waals surface area contributed by atoms with Gasteiger partial charge in [-0.1, -0.05) is 6.07 Å². The molecule has 1 aromatic carbocycles. The first-order valence-electron chi connectivity index (χ1n) is 5.02. The molecule has 4 heteroatoms. The molecule has 0 saturated carbocycles. The van der Waals surface area contributed by atoms with Crippen LogP contribution < -0.4 is 4.74 Å². The van der Waals surface area contributed by atoms with Gasteiger partial charge in [0.2, 0.25) is 0 Å². The third-order valence-corrected chi connectivity index (χ3v) is 2.26. The summed E-state index contributed by atoms with van der Waals surface area (Å²) in [5, 5.41) is 0. The van der Waals surface area contributed by atoms with Crippen molar-refractivity contribution in [1.29, 1.82) is 0 Å². The molecule has 0 amide bonds. The summed E-state index contributed by atoms with van der Waals surface area (Å²) in [6.07, 6.45) is 1.92. The molecule has 0 bridgehead atoms. The van der Waals surface area contributed by atoms with Crippen molar-refractivity contribution in [1.82, 2.24) is 9.55 Å². The molecule has 0 aliphatic rings. The van der Waals surface area contributed by atoms with Crippen molar-refractivity contribution >= 4 is 0 Å². The lowest BCUT2D eigenvalue weighted by Crippen LogP contribution is -2.03. The monoisotopic (exact) mass is 220 g/mol. The molecule has 0 fully saturated rings. The topological polar surface area (TPSA) is 27.1 Å². The van der Waals surface area contributed by atoms with Crippen LogP contribution in [0.5, 0.6) is 5.75 Å². The molecular weight excluding hydrogens is 207 g/mol. The van der Waals surface area contributed by atoms with Gasteiger partial charge in [-0.15, -0.1) is 0 Å². The average Bonchev–Trinajstić information content (AvgIpc) is 2.54. The Morgan fingerprint density at radius 1 is 1.44 bits per heavy atom. The second kappa shape index (κ2) is 4.35. The Bertz CT molecular complexity index is 494. The number of hydrogen-bond donors (Lipinski definition) is 0. The molecule has 1 heterocycles. The molecule has 84 valence electrons. The number of hydrogen-bond acceptors (Lipinski definition) is 2. The third kappa shape index (κ3) is 2.39. The SMILES string of the molecule is Cc1cn(C)c(COc2cccc(F)c2)n1. The fourth-order valence-electron chi connectivity index (χ4n) is 1.50. The lowest BCUT2D eigenvalue weighted by Gasteiger charge is -2.05. The highest BCUT2D eigenvalue weighted by atomic mass is 19.1. The summed E-state index contributed by atoms with van der Waals surface area (Å²) in [4.78, 5) is 4.29. The number of aryl methyl sites for hydroxylation is 2. The van der Waals surface area contributed by atoms with Crippen molar-refractivity contribution in [2.24, 2.45) is 7.05 Å². The number of benzene rings is 1. The van der Waals surface area contributed by atoms with Gasteiger partial charge < -0.3 is 9.30 Å². The van der Waals surface area contributed by atoms with E-state index in [4.69, 9.17) is 4.74 Å². The first kappa shape index (κ1) is 10.7. The Morgan fingerprint density at radius 2 is 2.25 bits per heavy atom. The van der Waals surface area contributed by atoms with Gasteiger partial charge in [-0.3, -0.25) is 0 Å². The molecule has 2 aromatic rings. The zero-order chi connectivity index (χ0) is 11.5. The third-order valence-electron chi connectivity index (χ3n) is 2.26. The molecule has 0 N–H and O–H groups in total. The Balaban J connectivity index is 2.05. The van der Waals surface area contributed by atoms with Gasteiger partial charge in [0.05, 0.1) is 5.69 Å². The largest absolute Gasteiger partial charge is 0.486 e. The van der Waals surface area contributed by atoms with Crippen molar-refractivity contribution in [2.45, 2.75) is 13.5 Å². The van der Waals surface area contributed by atoms with Gasteiger partial charge in [-0.25, -0.2) is 9.37 Å². The number of nitrogens with zero attached hydrogens (tertiary/aromatic N) is 2. The summed E-state index contributed by atoms with van der Waals surface area (Å²) in [5.74, 6) is 1.04. The molecule has 0 unspecified atom stereocenters. The van der Waals surface area contributed by atoms with Crippen LogP contribution in [0.1, 0.15) is 11.5 Å². The van der Waals surface area contributed by atoms with E-state index in [2.05, 4.69) is 4.98 Å². The van der Waals surface area contributed by atoms with E-state index in [0.29, 0.717) is 12.4 Å². The number of aromatic nitrogens is 2. The molecule has 0 spiro atoms. The van der Waals surface area contributed by atoms with E-state index in [1.807, 2.05) is 24.7 Å². The van der Waals surface area contributed by atoms with Crippen LogP contribution in [-0.4, -0.2) is 9.55 Å². The van der Waals surface area contributed by atoms with Crippen LogP contribution in [0.15, 0.2) is 30.5 Å². The van der Waals surface area contributed by atoms with E-state index in [-0.39, 0.29) is 5.82 Å². The number of ether oxygens (including phenoxy) is 1. The minimum atomic E-state index is -0.298. The first-order valence-corrected chi connectivity index (χ1v) is 5.02. The summed E-state index contributed by atoms with van der Waals surface area (Å²) in [6, 6.07) is 6.08. The van der Waals surface area contributed by atoms with Crippen LogP contribution in [0.4, 0.5) is 4.39 Å². The van der Waals surface area contributed by atoms with E-state index in [0.717, 1.165) is 11.5 Å². The smallest absolute Gasteiger partial charge is 0.146 e. The number of rotatable bonds is 3. The van der Waals surface area contributed by atoms with Crippen molar-refractivity contribution < 1.29 is 9.13 Å². The van der Waals surface area contributed by atoms with Gasteiger partial charge in [0, 0.05) is 19.3 Å². The maximum Gasteiger partial charge on any atom is 0.146 e. The lowest BCUT2D eigenvalue weighted by molar-refractivity contribution is 0.290. The van der Waals surface area contributed by atoms with E-state index in [1.54, 1.807) is 12.1 Å². The average molecular weight is 220 g/mol. The van der Waals surface area contributed by atoms with Crippen LogP contribution in [0, 0.1) is 12.7 Å². The van der Waals surface area contributed by atoms with Gasteiger partial charge in [0.25, 0.3) is 0 Å². The molecule has 16 heavy (non-hydrogen) atoms. The highest BCUT2D eigenvalue weighted by Crippen LogP contribution is 2.13.